The summed E-state index contributed by atoms with van der Waals surface area (Å²) in [6.45, 7) is 0. The van der Waals surface area contributed by atoms with Gasteiger partial charge < -0.3 is 9.72 Å². The number of nitrogens with zero attached hydrogens (tertiary/aromatic N) is 1. The molecule has 1 aromatic rings. The highest BCUT2D eigenvalue weighted by atomic mass is 19.3. The van der Waals surface area contributed by atoms with Crippen LogP contribution in [0.4, 0.5) is 14.5 Å². The molecule has 0 saturated carbocycles. The number of hydrogen-bond donors (Lipinski definition) is 1. The van der Waals surface area contributed by atoms with E-state index in [0.717, 1.165) is 7.11 Å². The van der Waals surface area contributed by atoms with Crippen molar-refractivity contribution >= 4 is 5.69 Å². The van der Waals surface area contributed by atoms with Gasteiger partial charge in [-0.05, 0) is 0 Å². The molecule has 0 spiro atoms. The number of methoxy groups -OCH3 is 1. The second kappa shape index (κ2) is 4.03. The maximum Gasteiger partial charge on any atom is 0.376 e. The summed E-state index contributed by atoms with van der Waals surface area (Å²) in [4.78, 5) is 22.7. The number of H-pyrrole nitrogens is 1. The summed E-state index contributed by atoms with van der Waals surface area (Å²) in [5, 5.41) is 10.4. The van der Waals surface area contributed by atoms with Gasteiger partial charge in [0.05, 0.1) is 17.6 Å². The maximum absolute atomic E-state index is 12.2. The SMILES string of the molecule is COc1[nH]cc(C(F)F)c(=O)c1[N+](=O)[O-]. The second-order valence-electron chi connectivity index (χ2n) is 2.51. The molecular formula is C7H6F2N2O4. The molecule has 0 radical (unpaired) electrons. The molecule has 0 amide bonds. The Kier molecular flexibility index (Phi) is 2.98. The molecule has 1 rings (SSSR count). The Labute approximate surface area is 81.6 Å². The van der Waals surface area contributed by atoms with Gasteiger partial charge in [0, 0.05) is 6.20 Å². The van der Waals surface area contributed by atoms with Crippen LogP contribution in [-0.4, -0.2) is 17.0 Å². The van der Waals surface area contributed by atoms with Crippen molar-refractivity contribution in [3.8, 4) is 5.88 Å². The van der Waals surface area contributed by atoms with Crippen LogP contribution in [0.15, 0.2) is 11.0 Å². The van der Waals surface area contributed by atoms with Crippen molar-refractivity contribution < 1.29 is 18.4 Å². The molecule has 15 heavy (non-hydrogen) atoms. The van der Waals surface area contributed by atoms with Crippen molar-refractivity contribution in [2.75, 3.05) is 7.11 Å². The number of nitro groups is 1. The van der Waals surface area contributed by atoms with E-state index in [1.165, 1.54) is 0 Å². The summed E-state index contributed by atoms with van der Waals surface area (Å²) in [5.74, 6) is -0.450. The number of ether oxygens (including phenoxy) is 1. The first-order valence-corrected chi connectivity index (χ1v) is 3.71. The molecule has 1 heterocycles. The van der Waals surface area contributed by atoms with Crippen LogP contribution in [0, 0.1) is 10.1 Å². The highest BCUT2D eigenvalue weighted by Crippen LogP contribution is 2.23. The lowest BCUT2D eigenvalue weighted by molar-refractivity contribution is -0.387. The Hall–Kier alpha value is -1.99. The number of nitrogens with one attached hydrogen (secondary N) is 1. The van der Waals surface area contributed by atoms with Gasteiger partial charge >= 0.3 is 5.69 Å². The Morgan fingerprint density at radius 1 is 1.60 bits per heavy atom. The van der Waals surface area contributed by atoms with Gasteiger partial charge in [-0.3, -0.25) is 14.9 Å². The molecule has 0 saturated heterocycles. The molecule has 0 aliphatic heterocycles. The first-order valence-electron chi connectivity index (χ1n) is 3.71. The molecule has 1 N–H and O–H groups in total. The molecule has 0 aromatic carbocycles. The Balaban J connectivity index is 3.50. The summed E-state index contributed by atoms with van der Waals surface area (Å²) >= 11 is 0. The number of alkyl halides is 2. The fraction of sp³-hybridized carbons (Fsp3) is 0.286. The molecule has 0 aliphatic rings. The monoisotopic (exact) mass is 220 g/mol. The van der Waals surface area contributed by atoms with Crippen molar-refractivity contribution in [1.29, 1.82) is 0 Å². The molecule has 82 valence electrons. The number of aromatic amines is 1. The minimum Gasteiger partial charge on any atom is -0.477 e. The fourth-order valence-corrected chi connectivity index (χ4v) is 1.00. The summed E-state index contributed by atoms with van der Waals surface area (Å²) < 4.78 is 28.9. The third-order valence-electron chi connectivity index (χ3n) is 1.67. The van der Waals surface area contributed by atoms with E-state index >= 15 is 0 Å². The molecule has 0 atom stereocenters. The Morgan fingerprint density at radius 2 is 2.20 bits per heavy atom. The topological polar surface area (TPSA) is 85.2 Å². The fourth-order valence-electron chi connectivity index (χ4n) is 1.00. The quantitative estimate of drug-likeness (QED) is 0.613. The third kappa shape index (κ3) is 1.92. The molecular weight excluding hydrogens is 214 g/mol. The number of rotatable bonds is 3. The van der Waals surface area contributed by atoms with Gasteiger partial charge in [-0.1, -0.05) is 0 Å². The smallest absolute Gasteiger partial charge is 0.376 e. The van der Waals surface area contributed by atoms with E-state index in [2.05, 4.69) is 9.72 Å². The van der Waals surface area contributed by atoms with Crippen molar-refractivity contribution in [3.63, 3.8) is 0 Å². The van der Waals surface area contributed by atoms with Crippen LogP contribution in [0.3, 0.4) is 0 Å². The maximum atomic E-state index is 12.2. The van der Waals surface area contributed by atoms with Crippen LogP contribution in [-0.2, 0) is 0 Å². The number of aromatic nitrogens is 1. The van der Waals surface area contributed by atoms with Crippen molar-refractivity contribution in [3.05, 3.63) is 32.1 Å². The van der Waals surface area contributed by atoms with Gasteiger partial charge in [0.25, 0.3) is 17.7 Å². The van der Waals surface area contributed by atoms with E-state index in [1.54, 1.807) is 0 Å². The predicted molar refractivity (Wildman–Crippen MR) is 45.2 cm³/mol. The van der Waals surface area contributed by atoms with E-state index in [0.29, 0.717) is 6.20 Å². The highest BCUT2D eigenvalue weighted by Gasteiger charge is 2.26. The second-order valence-corrected chi connectivity index (χ2v) is 2.51. The van der Waals surface area contributed by atoms with Gasteiger partial charge in [-0.25, -0.2) is 8.78 Å². The van der Waals surface area contributed by atoms with Crippen molar-refractivity contribution in [1.82, 2.24) is 4.98 Å². The van der Waals surface area contributed by atoms with Gasteiger partial charge in [0.15, 0.2) is 0 Å². The summed E-state index contributed by atoms with van der Waals surface area (Å²) in [6, 6.07) is 0. The number of hydrogen-bond acceptors (Lipinski definition) is 4. The lowest BCUT2D eigenvalue weighted by Crippen LogP contribution is -2.16. The van der Waals surface area contributed by atoms with E-state index in [4.69, 9.17) is 0 Å². The van der Waals surface area contributed by atoms with Crippen molar-refractivity contribution in [2.45, 2.75) is 6.43 Å². The largest absolute Gasteiger partial charge is 0.477 e. The minimum atomic E-state index is -3.07. The van der Waals surface area contributed by atoms with Crippen LogP contribution in [0.1, 0.15) is 12.0 Å². The van der Waals surface area contributed by atoms with Crippen LogP contribution in [0.25, 0.3) is 0 Å². The van der Waals surface area contributed by atoms with Crippen LogP contribution >= 0.6 is 0 Å². The number of pyridine rings is 1. The normalized spacial score (nSPS) is 10.4. The molecule has 0 bridgehead atoms. The van der Waals surface area contributed by atoms with E-state index < -0.39 is 33.9 Å². The zero-order valence-corrected chi connectivity index (χ0v) is 7.49. The van der Waals surface area contributed by atoms with Crippen LogP contribution < -0.4 is 10.2 Å². The molecule has 8 heteroatoms. The Bertz CT molecular complexity index is 443. The first-order chi connectivity index (χ1) is 6.99. The molecule has 0 aliphatic carbocycles. The first kappa shape index (κ1) is 11.1. The van der Waals surface area contributed by atoms with E-state index in [9.17, 15) is 23.7 Å². The van der Waals surface area contributed by atoms with Gasteiger partial charge in [-0.2, -0.15) is 0 Å². The van der Waals surface area contributed by atoms with E-state index in [1.807, 2.05) is 0 Å². The zero-order valence-electron chi connectivity index (χ0n) is 7.49. The van der Waals surface area contributed by atoms with E-state index in [-0.39, 0.29) is 0 Å². The minimum absolute atomic E-state index is 0.450. The summed E-state index contributed by atoms with van der Waals surface area (Å²) in [5.41, 5.74) is -3.32. The molecule has 6 nitrogen and oxygen atoms in total. The van der Waals surface area contributed by atoms with Gasteiger partial charge in [-0.15, -0.1) is 0 Å². The van der Waals surface area contributed by atoms with Crippen molar-refractivity contribution in [2.24, 2.45) is 0 Å². The Morgan fingerprint density at radius 3 is 2.60 bits per heavy atom. The molecule has 1 aromatic heterocycles. The van der Waals surface area contributed by atoms with Crippen LogP contribution in [0.2, 0.25) is 0 Å². The van der Waals surface area contributed by atoms with Crippen LogP contribution in [0.5, 0.6) is 5.88 Å². The summed E-state index contributed by atoms with van der Waals surface area (Å²) in [6.07, 6.45) is -2.38. The standard InChI is InChI=1S/C7H6F2N2O4/c1-15-7-4(11(13)14)5(12)3(2-10-7)6(8)9/h2,6H,1H3,(H,10,12). The lowest BCUT2D eigenvalue weighted by atomic mass is 10.2. The van der Waals surface area contributed by atoms with Gasteiger partial charge in [0.2, 0.25) is 0 Å². The predicted octanol–water partition coefficient (Wildman–Crippen LogP) is 1.23. The zero-order chi connectivity index (χ0) is 11.6. The number of halogens is 2. The molecule has 0 unspecified atom stereocenters. The highest BCUT2D eigenvalue weighted by molar-refractivity contribution is 5.43. The average molecular weight is 220 g/mol. The molecule has 0 fully saturated rings. The lowest BCUT2D eigenvalue weighted by Gasteiger charge is -2.02. The van der Waals surface area contributed by atoms with Gasteiger partial charge in [0.1, 0.15) is 0 Å². The third-order valence-corrected chi connectivity index (χ3v) is 1.67. The summed E-state index contributed by atoms with van der Waals surface area (Å²) in [7, 11) is 1.08. The average Bonchev–Trinajstić information content (AvgIpc) is 2.15.